The third-order valence-electron chi connectivity index (χ3n) is 4.75. The van der Waals surface area contributed by atoms with Gasteiger partial charge < -0.3 is 5.11 Å². The van der Waals surface area contributed by atoms with Gasteiger partial charge in [0.25, 0.3) is 5.69 Å². The first-order valence-corrected chi connectivity index (χ1v) is 9.37. The molecule has 10 heteroatoms. The van der Waals surface area contributed by atoms with E-state index < -0.39 is 22.2 Å². The van der Waals surface area contributed by atoms with Gasteiger partial charge in [-0.25, -0.2) is 18.4 Å². The van der Waals surface area contributed by atoms with Crippen LogP contribution in [0, 0.1) is 21.7 Å². The monoisotopic (exact) mass is 429 g/mol. The van der Waals surface area contributed by atoms with E-state index in [9.17, 15) is 24.0 Å². The van der Waals surface area contributed by atoms with Crippen LogP contribution in [-0.4, -0.2) is 42.8 Å². The molecule has 0 saturated carbocycles. The van der Waals surface area contributed by atoms with Crippen LogP contribution in [0.3, 0.4) is 0 Å². The van der Waals surface area contributed by atoms with Crippen molar-refractivity contribution < 1.29 is 18.8 Å². The molecule has 1 aromatic heterocycles. The number of non-ortho nitro benzene ring substituents is 1. The third-order valence-corrected chi connectivity index (χ3v) is 4.75. The van der Waals surface area contributed by atoms with Crippen molar-refractivity contribution in [2.45, 2.75) is 18.7 Å². The summed E-state index contributed by atoms with van der Waals surface area (Å²) in [5, 5.41) is 26.3. The van der Waals surface area contributed by atoms with E-state index in [-0.39, 0.29) is 24.3 Å². The van der Waals surface area contributed by atoms with Crippen LogP contribution >= 0.6 is 0 Å². The number of nitro benzene ring substituents is 1. The maximum absolute atomic E-state index is 14.6. The Morgan fingerprint density at radius 2 is 2.00 bits per heavy atom. The van der Waals surface area contributed by atoms with Gasteiger partial charge in [-0.1, -0.05) is 24.3 Å². The molecule has 162 valence electrons. The molecule has 1 atom stereocenters. The Morgan fingerprint density at radius 1 is 1.26 bits per heavy atom. The molecule has 0 fully saturated rings. The molecule has 0 saturated heterocycles. The third kappa shape index (κ3) is 5.56. The standard InChI is InChI=1S/C21H21F2N5O3/c1-2-9-26(11-16-3-6-18(7-4-16)28(30)31)12-21(29,13-27-15-24-14-25-27)19-8-5-17(22)10-20(19)23/h2-8,10,14-15,29H,1,9,11-13H2/t21-/m1/s1. The van der Waals surface area contributed by atoms with Crippen molar-refractivity contribution in [3.05, 3.63) is 101 Å². The van der Waals surface area contributed by atoms with Crippen LogP contribution in [0.5, 0.6) is 0 Å². The van der Waals surface area contributed by atoms with Gasteiger partial charge in [-0.15, -0.1) is 6.58 Å². The second kappa shape index (κ2) is 9.54. The van der Waals surface area contributed by atoms with Gasteiger partial charge in [0.2, 0.25) is 0 Å². The van der Waals surface area contributed by atoms with Crippen LogP contribution in [0.15, 0.2) is 67.8 Å². The topological polar surface area (TPSA) is 97.3 Å². The van der Waals surface area contributed by atoms with Gasteiger partial charge in [-0.05, 0) is 11.6 Å². The molecule has 1 heterocycles. The summed E-state index contributed by atoms with van der Waals surface area (Å²) in [7, 11) is 0. The minimum atomic E-state index is -1.77. The molecule has 31 heavy (non-hydrogen) atoms. The first-order chi connectivity index (χ1) is 14.8. The Morgan fingerprint density at radius 3 is 2.58 bits per heavy atom. The van der Waals surface area contributed by atoms with Crippen LogP contribution in [0.1, 0.15) is 11.1 Å². The SMILES string of the molecule is C=CCN(Cc1ccc([N+](=O)[O-])cc1)C[C@@](O)(Cn1cncn1)c1ccc(F)cc1F. The molecule has 0 unspecified atom stereocenters. The lowest BCUT2D eigenvalue weighted by atomic mass is 9.92. The highest BCUT2D eigenvalue weighted by Crippen LogP contribution is 2.28. The number of aromatic nitrogens is 3. The number of rotatable bonds is 10. The van der Waals surface area contributed by atoms with Crippen molar-refractivity contribution in [2.24, 2.45) is 0 Å². The predicted octanol–water partition coefficient (Wildman–Crippen LogP) is 3.04. The summed E-state index contributed by atoms with van der Waals surface area (Å²) < 4.78 is 29.4. The van der Waals surface area contributed by atoms with E-state index >= 15 is 0 Å². The molecular weight excluding hydrogens is 408 g/mol. The van der Waals surface area contributed by atoms with Crippen LogP contribution in [0.4, 0.5) is 14.5 Å². The fraction of sp³-hybridized carbons (Fsp3) is 0.238. The summed E-state index contributed by atoms with van der Waals surface area (Å²) in [4.78, 5) is 16.0. The Bertz CT molecular complexity index is 1040. The molecule has 1 N–H and O–H groups in total. The number of benzene rings is 2. The smallest absolute Gasteiger partial charge is 0.269 e. The molecule has 0 aliphatic rings. The molecule has 0 amide bonds. The van der Waals surface area contributed by atoms with E-state index in [1.807, 2.05) is 0 Å². The van der Waals surface area contributed by atoms with E-state index in [2.05, 4.69) is 16.7 Å². The van der Waals surface area contributed by atoms with Gasteiger partial charge >= 0.3 is 0 Å². The molecule has 0 aliphatic heterocycles. The van der Waals surface area contributed by atoms with Crippen molar-refractivity contribution >= 4 is 5.69 Å². The molecule has 0 aliphatic carbocycles. The summed E-state index contributed by atoms with van der Waals surface area (Å²) in [6.07, 6.45) is 4.31. The highest BCUT2D eigenvalue weighted by Gasteiger charge is 2.35. The summed E-state index contributed by atoms with van der Waals surface area (Å²) >= 11 is 0. The van der Waals surface area contributed by atoms with Gasteiger partial charge in [-0.2, -0.15) is 5.10 Å². The number of hydrogen-bond donors (Lipinski definition) is 1. The van der Waals surface area contributed by atoms with E-state index in [0.29, 0.717) is 13.1 Å². The van der Waals surface area contributed by atoms with Crippen LogP contribution in [0.2, 0.25) is 0 Å². The van der Waals surface area contributed by atoms with Gasteiger partial charge in [0.05, 0.1) is 11.5 Å². The van der Waals surface area contributed by atoms with Crippen molar-refractivity contribution in [2.75, 3.05) is 13.1 Å². The van der Waals surface area contributed by atoms with Gasteiger partial charge in [0.1, 0.15) is 29.9 Å². The number of nitrogens with zero attached hydrogens (tertiary/aromatic N) is 5. The van der Waals surface area contributed by atoms with E-state index in [0.717, 1.165) is 17.7 Å². The number of hydrogen-bond acceptors (Lipinski definition) is 6. The lowest BCUT2D eigenvalue weighted by Crippen LogP contribution is -2.44. The first-order valence-electron chi connectivity index (χ1n) is 9.37. The number of aliphatic hydroxyl groups is 1. The fourth-order valence-electron chi connectivity index (χ4n) is 3.39. The minimum absolute atomic E-state index is 0.0323. The second-order valence-electron chi connectivity index (χ2n) is 7.13. The molecule has 0 radical (unpaired) electrons. The Balaban J connectivity index is 1.90. The highest BCUT2D eigenvalue weighted by atomic mass is 19.1. The average molecular weight is 429 g/mol. The average Bonchev–Trinajstić information content (AvgIpc) is 3.21. The van der Waals surface area contributed by atoms with Crippen molar-refractivity contribution in [3.63, 3.8) is 0 Å². The molecular formula is C21H21F2N5O3. The quantitative estimate of drug-likeness (QED) is 0.302. The van der Waals surface area contributed by atoms with E-state index in [1.54, 1.807) is 23.1 Å². The Hall–Kier alpha value is -3.50. The Labute approximate surface area is 177 Å². The second-order valence-corrected chi connectivity index (χ2v) is 7.13. The number of halogens is 2. The summed E-state index contributed by atoms with van der Waals surface area (Å²) in [6, 6.07) is 9.02. The highest BCUT2D eigenvalue weighted by molar-refractivity contribution is 5.33. The van der Waals surface area contributed by atoms with Crippen molar-refractivity contribution in [3.8, 4) is 0 Å². The van der Waals surface area contributed by atoms with Crippen LogP contribution < -0.4 is 0 Å². The Kier molecular flexibility index (Phi) is 6.83. The van der Waals surface area contributed by atoms with Gasteiger partial charge in [-0.3, -0.25) is 15.0 Å². The van der Waals surface area contributed by atoms with Crippen molar-refractivity contribution in [1.82, 2.24) is 19.7 Å². The first kappa shape index (κ1) is 22.2. The zero-order valence-corrected chi connectivity index (χ0v) is 16.6. The zero-order valence-electron chi connectivity index (χ0n) is 16.6. The molecule has 3 aromatic rings. The molecule has 0 spiro atoms. The normalized spacial score (nSPS) is 13.2. The van der Waals surface area contributed by atoms with Crippen LogP contribution in [-0.2, 0) is 18.7 Å². The summed E-state index contributed by atoms with van der Waals surface area (Å²) in [5.41, 5.74) is -1.12. The molecule has 0 bridgehead atoms. The lowest BCUT2D eigenvalue weighted by molar-refractivity contribution is -0.384. The summed E-state index contributed by atoms with van der Waals surface area (Å²) in [6.45, 7) is 4.22. The molecule has 2 aromatic carbocycles. The van der Waals surface area contributed by atoms with Crippen LogP contribution in [0.25, 0.3) is 0 Å². The number of nitro groups is 1. The minimum Gasteiger partial charge on any atom is -0.382 e. The fourth-order valence-corrected chi connectivity index (χ4v) is 3.39. The molecule has 8 nitrogen and oxygen atoms in total. The maximum Gasteiger partial charge on any atom is 0.269 e. The van der Waals surface area contributed by atoms with E-state index in [4.69, 9.17) is 0 Å². The largest absolute Gasteiger partial charge is 0.382 e. The van der Waals surface area contributed by atoms with Gasteiger partial charge in [0, 0.05) is 43.4 Å². The molecule has 3 rings (SSSR count). The lowest BCUT2D eigenvalue weighted by Gasteiger charge is -2.34. The predicted molar refractivity (Wildman–Crippen MR) is 109 cm³/mol. The van der Waals surface area contributed by atoms with E-state index in [1.165, 1.54) is 35.5 Å². The summed E-state index contributed by atoms with van der Waals surface area (Å²) in [5.74, 6) is -1.63. The zero-order chi connectivity index (χ0) is 22.4. The maximum atomic E-state index is 14.6. The van der Waals surface area contributed by atoms with Gasteiger partial charge in [0.15, 0.2) is 0 Å². The van der Waals surface area contributed by atoms with Crippen molar-refractivity contribution in [1.29, 1.82) is 0 Å².